The number of rotatable bonds is 2. The van der Waals surface area contributed by atoms with Crippen LogP contribution >= 0.6 is 11.6 Å². The number of aliphatic hydroxyl groups is 1. The second-order valence-electron chi connectivity index (χ2n) is 8.36. The fraction of sp³-hybridized carbons (Fsp3) is 0.632. The van der Waals surface area contributed by atoms with E-state index in [-0.39, 0.29) is 24.8 Å². The van der Waals surface area contributed by atoms with Crippen molar-refractivity contribution in [1.29, 1.82) is 0 Å². The second-order valence-corrected chi connectivity index (χ2v) is 8.75. The molecule has 9 heteroatoms. The third kappa shape index (κ3) is 3.89. The van der Waals surface area contributed by atoms with Gasteiger partial charge in [0.05, 0.1) is 5.69 Å². The number of aliphatic hydroxyl groups excluding tert-OH is 1. The SMILES string of the molecule is C[C@@H]1CN(c2cc(Cl)nc3c2nc(CO)n3C)[C@@H](C)CN1C(=O)OC(C)(C)C. The lowest BCUT2D eigenvalue weighted by Gasteiger charge is -2.45. The maximum Gasteiger partial charge on any atom is 0.410 e. The number of piperazine rings is 1. The number of anilines is 1. The van der Waals surface area contributed by atoms with Crippen LogP contribution in [0.1, 0.15) is 40.4 Å². The largest absolute Gasteiger partial charge is 0.444 e. The number of imidazole rings is 1. The predicted molar refractivity (Wildman–Crippen MR) is 109 cm³/mol. The van der Waals surface area contributed by atoms with Crippen molar-refractivity contribution in [3.63, 3.8) is 0 Å². The van der Waals surface area contributed by atoms with Crippen LogP contribution in [0.4, 0.5) is 10.5 Å². The zero-order valence-corrected chi connectivity index (χ0v) is 18.0. The van der Waals surface area contributed by atoms with E-state index in [1.807, 2.05) is 27.7 Å². The van der Waals surface area contributed by atoms with Crippen molar-refractivity contribution in [1.82, 2.24) is 19.4 Å². The first-order chi connectivity index (χ1) is 13.0. The van der Waals surface area contributed by atoms with Gasteiger partial charge in [0.2, 0.25) is 0 Å². The number of halogens is 1. The Balaban J connectivity index is 1.93. The quantitative estimate of drug-likeness (QED) is 0.768. The minimum absolute atomic E-state index is 0.0324. The first-order valence-electron chi connectivity index (χ1n) is 9.40. The van der Waals surface area contributed by atoms with Crippen LogP contribution in [0.2, 0.25) is 5.15 Å². The molecule has 0 radical (unpaired) electrons. The van der Waals surface area contributed by atoms with Gasteiger partial charge < -0.3 is 24.2 Å². The van der Waals surface area contributed by atoms with Gasteiger partial charge in [-0.15, -0.1) is 0 Å². The minimum atomic E-state index is -0.531. The molecule has 0 aliphatic carbocycles. The van der Waals surface area contributed by atoms with Crippen LogP contribution in [0.5, 0.6) is 0 Å². The molecule has 1 N–H and O–H groups in total. The Hall–Kier alpha value is -2.06. The van der Waals surface area contributed by atoms with Crippen molar-refractivity contribution < 1.29 is 14.6 Å². The Morgan fingerprint density at radius 1 is 1.29 bits per heavy atom. The molecule has 2 aromatic heterocycles. The highest BCUT2D eigenvalue weighted by molar-refractivity contribution is 6.30. The zero-order chi connectivity index (χ0) is 20.8. The Bertz CT molecular complexity index is 892. The van der Waals surface area contributed by atoms with Crippen molar-refractivity contribution in [2.24, 2.45) is 7.05 Å². The van der Waals surface area contributed by atoms with Gasteiger partial charge in [0.25, 0.3) is 0 Å². The van der Waals surface area contributed by atoms with Gasteiger partial charge in [0.1, 0.15) is 28.7 Å². The number of hydrogen-bond donors (Lipinski definition) is 1. The van der Waals surface area contributed by atoms with E-state index in [1.165, 1.54) is 0 Å². The maximum atomic E-state index is 12.6. The Kier molecular flexibility index (Phi) is 5.46. The lowest BCUT2D eigenvalue weighted by atomic mass is 10.1. The molecule has 1 amide bonds. The number of fused-ring (bicyclic) bond motifs is 1. The molecular weight excluding hydrogens is 382 g/mol. The molecule has 28 heavy (non-hydrogen) atoms. The van der Waals surface area contributed by atoms with E-state index in [4.69, 9.17) is 16.3 Å². The lowest BCUT2D eigenvalue weighted by molar-refractivity contribution is 0.0130. The Labute approximate surface area is 170 Å². The number of amides is 1. The van der Waals surface area contributed by atoms with Gasteiger partial charge in [-0.3, -0.25) is 0 Å². The fourth-order valence-corrected chi connectivity index (χ4v) is 3.73. The number of aryl methyl sites for hydroxylation is 1. The van der Waals surface area contributed by atoms with Crippen molar-refractivity contribution in [2.45, 2.75) is 58.9 Å². The van der Waals surface area contributed by atoms with Crippen LogP contribution in [0.3, 0.4) is 0 Å². The Morgan fingerprint density at radius 3 is 2.57 bits per heavy atom. The monoisotopic (exact) mass is 409 g/mol. The van der Waals surface area contributed by atoms with Gasteiger partial charge in [-0.2, -0.15) is 0 Å². The third-order valence-corrected chi connectivity index (χ3v) is 5.13. The van der Waals surface area contributed by atoms with Crippen molar-refractivity contribution in [2.75, 3.05) is 18.0 Å². The summed E-state index contributed by atoms with van der Waals surface area (Å²) in [7, 11) is 1.81. The summed E-state index contributed by atoms with van der Waals surface area (Å²) in [5.74, 6) is 0.527. The van der Waals surface area contributed by atoms with Crippen LogP contribution in [-0.4, -0.2) is 61.4 Å². The van der Waals surface area contributed by atoms with E-state index < -0.39 is 5.60 Å². The molecule has 8 nitrogen and oxygen atoms in total. The highest BCUT2D eigenvalue weighted by atomic mass is 35.5. The van der Waals surface area contributed by atoms with Crippen molar-refractivity contribution in [3.05, 3.63) is 17.0 Å². The van der Waals surface area contributed by atoms with Crippen molar-refractivity contribution >= 4 is 34.5 Å². The number of nitrogens with zero attached hydrogens (tertiary/aromatic N) is 5. The van der Waals surface area contributed by atoms with E-state index in [9.17, 15) is 9.90 Å². The van der Waals surface area contributed by atoms with Gasteiger partial charge >= 0.3 is 6.09 Å². The molecule has 1 fully saturated rings. The van der Waals surface area contributed by atoms with Crippen LogP contribution < -0.4 is 4.90 Å². The fourth-order valence-electron chi connectivity index (χ4n) is 3.55. The molecule has 3 rings (SSSR count). The number of carbonyl (C=O) groups is 1. The van der Waals surface area contributed by atoms with Gasteiger partial charge in [-0.25, -0.2) is 14.8 Å². The van der Waals surface area contributed by atoms with Crippen LogP contribution in [-0.2, 0) is 18.4 Å². The summed E-state index contributed by atoms with van der Waals surface area (Å²) < 4.78 is 7.30. The topological polar surface area (TPSA) is 83.7 Å². The number of pyridine rings is 1. The van der Waals surface area contributed by atoms with E-state index >= 15 is 0 Å². The Morgan fingerprint density at radius 2 is 1.96 bits per heavy atom. The molecule has 1 aliphatic rings. The normalized spacial score (nSPS) is 20.7. The number of carbonyl (C=O) groups excluding carboxylic acids is 1. The molecule has 1 aliphatic heterocycles. The van der Waals surface area contributed by atoms with E-state index in [0.29, 0.717) is 35.2 Å². The van der Waals surface area contributed by atoms with Crippen LogP contribution in [0.25, 0.3) is 11.2 Å². The third-order valence-electron chi connectivity index (χ3n) is 4.93. The van der Waals surface area contributed by atoms with Gasteiger partial charge in [0.15, 0.2) is 5.65 Å². The molecule has 0 spiro atoms. The predicted octanol–water partition coefficient (Wildman–Crippen LogP) is 2.95. The van der Waals surface area contributed by atoms with E-state index in [0.717, 1.165) is 5.69 Å². The smallest absolute Gasteiger partial charge is 0.410 e. The molecule has 2 atom stereocenters. The number of ether oxygens (including phenoxy) is 1. The molecule has 0 aromatic carbocycles. The standard InChI is InChI=1S/C19H28ClN5O3/c1-11-9-25(18(27)28-19(3,4)5)12(2)8-24(11)13-7-14(20)21-17-16(13)22-15(10-26)23(17)6/h7,11-12,26H,8-10H2,1-6H3/t11-,12+/m0/s1. The molecule has 2 aromatic rings. The average molecular weight is 410 g/mol. The molecule has 3 heterocycles. The highest BCUT2D eigenvalue weighted by Crippen LogP contribution is 2.32. The summed E-state index contributed by atoms with van der Waals surface area (Å²) in [5.41, 5.74) is 1.64. The zero-order valence-electron chi connectivity index (χ0n) is 17.2. The second kappa shape index (κ2) is 7.40. The van der Waals surface area contributed by atoms with Gasteiger partial charge in [0, 0.05) is 38.3 Å². The summed E-state index contributed by atoms with van der Waals surface area (Å²) in [6, 6.07) is 1.78. The molecule has 154 valence electrons. The summed E-state index contributed by atoms with van der Waals surface area (Å²) >= 11 is 6.28. The molecule has 0 saturated carbocycles. The van der Waals surface area contributed by atoms with Crippen LogP contribution in [0, 0.1) is 0 Å². The summed E-state index contributed by atoms with van der Waals surface area (Å²) in [4.78, 5) is 25.5. The molecule has 0 unspecified atom stereocenters. The van der Waals surface area contributed by atoms with Crippen LogP contribution in [0.15, 0.2) is 6.07 Å². The maximum absolute atomic E-state index is 12.6. The molecule has 1 saturated heterocycles. The average Bonchev–Trinajstić information content (AvgIpc) is 2.90. The molecular formula is C19H28ClN5O3. The summed E-state index contributed by atoms with van der Waals surface area (Å²) in [6.45, 7) is 10.6. The number of aromatic nitrogens is 3. The highest BCUT2D eigenvalue weighted by Gasteiger charge is 2.35. The van der Waals surface area contributed by atoms with Gasteiger partial charge in [-0.05, 0) is 34.6 Å². The van der Waals surface area contributed by atoms with Crippen molar-refractivity contribution in [3.8, 4) is 0 Å². The summed E-state index contributed by atoms with van der Waals surface area (Å²) in [6.07, 6.45) is -0.301. The van der Waals surface area contributed by atoms with E-state index in [1.54, 1.807) is 22.6 Å². The first-order valence-corrected chi connectivity index (χ1v) is 9.78. The van der Waals surface area contributed by atoms with E-state index in [2.05, 4.69) is 21.8 Å². The lowest BCUT2D eigenvalue weighted by Crippen LogP contribution is -2.59. The first kappa shape index (κ1) is 20.7. The number of hydrogen-bond acceptors (Lipinski definition) is 6. The summed E-state index contributed by atoms with van der Waals surface area (Å²) in [5, 5.41) is 9.92. The van der Waals surface area contributed by atoms with Gasteiger partial charge in [-0.1, -0.05) is 11.6 Å². The minimum Gasteiger partial charge on any atom is -0.444 e. The molecule has 0 bridgehead atoms.